The highest BCUT2D eigenvalue weighted by molar-refractivity contribution is 7.92. The van der Waals surface area contributed by atoms with Crippen LogP contribution in [0.2, 0.25) is 5.02 Å². The normalized spacial score (nSPS) is 11.1. The first-order valence-corrected chi connectivity index (χ1v) is 7.43. The number of primary amides is 1. The molecule has 20 heavy (non-hydrogen) atoms. The Labute approximate surface area is 121 Å². The molecule has 0 aromatic heterocycles. The van der Waals surface area contributed by atoms with Gasteiger partial charge in [0.15, 0.2) is 0 Å². The third kappa shape index (κ3) is 3.09. The molecule has 0 aliphatic carbocycles. The Morgan fingerprint density at radius 2 is 1.65 bits per heavy atom. The minimum Gasteiger partial charge on any atom is -0.366 e. The average molecular weight is 311 g/mol. The van der Waals surface area contributed by atoms with Crippen molar-refractivity contribution < 1.29 is 13.2 Å². The van der Waals surface area contributed by atoms with Crippen LogP contribution in [0, 0.1) is 0 Å². The predicted octanol–water partition coefficient (Wildman–Crippen LogP) is 2.24. The van der Waals surface area contributed by atoms with Gasteiger partial charge in [0, 0.05) is 11.3 Å². The van der Waals surface area contributed by atoms with Crippen molar-refractivity contribution in [2.45, 2.75) is 4.90 Å². The van der Waals surface area contributed by atoms with Gasteiger partial charge in [-0.05, 0) is 36.4 Å². The highest BCUT2D eigenvalue weighted by Gasteiger charge is 2.17. The molecule has 0 spiro atoms. The maximum absolute atomic E-state index is 12.2. The smallest absolute Gasteiger partial charge is 0.263 e. The molecule has 0 aliphatic heterocycles. The number of hydrogen-bond acceptors (Lipinski definition) is 3. The number of sulfonamides is 1. The van der Waals surface area contributed by atoms with Crippen LogP contribution in [-0.2, 0) is 10.0 Å². The molecule has 104 valence electrons. The summed E-state index contributed by atoms with van der Waals surface area (Å²) < 4.78 is 26.7. The molecule has 0 atom stereocenters. The van der Waals surface area contributed by atoms with E-state index in [2.05, 4.69) is 4.72 Å². The van der Waals surface area contributed by atoms with E-state index in [-0.39, 0.29) is 9.92 Å². The van der Waals surface area contributed by atoms with Gasteiger partial charge in [0.05, 0.1) is 5.02 Å². The molecule has 0 unspecified atom stereocenters. The highest BCUT2D eigenvalue weighted by Crippen LogP contribution is 2.23. The van der Waals surface area contributed by atoms with E-state index in [1.807, 2.05) is 0 Å². The standard InChI is InChI=1S/C13H11ClN2O3S/c14-11-3-1-2-4-12(11)20(18,19)16-10-7-5-9(6-8-10)13(15)17/h1-8,16H,(H2,15,17). The molecule has 0 heterocycles. The van der Waals surface area contributed by atoms with Gasteiger partial charge in [0.1, 0.15) is 4.90 Å². The van der Waals surface area contributed by atoms with Gasteiger partial charge in [0.2, 0.25) is 5.91 Å². The van der Waals surface area contributed by atoms with E-state index in [1.165, 1.54) is 36.4 Å². The van der Waals surface area contributed by atoms with Gasteiger partial charge < -0.3 is 5.73 Å². The monoisotopic (exact) mass is 310 g/mol. The van der Waals surface area contributed by atoms with Crippen LogP contribution >= 0.6 is 11.6 Å². The summed E-state index contributed by atoms with van der Waals surface area (Å²) in [5.41, 5.74) is 5.72. The van der Waals surface area contributed by atoms with E-state index < -0.39 is 15.9 Å². The van der Waals surface area contributed by atoms with Crippen molar-refractivity contribution in [3.8, 4) is 0 Å². The number of rotatable bonds is 4. The van der Waals surface area contributed by atoms with Crippen molar-refractivity contribution in [2.24, 2.45) is 5.73 Å². The lowest BCUT2D eigenvalue weighted by molar-refractivity contribution is 0.100. The SMILES string of the molecule is NC(=O)c1ccc(NS(=O)(=O)c2ccccc2Cl)cc1. The van der Waals surface area contributed by atoms with E-state index in [9.17, 15) is 13.2 Å². The van der Waals surface area contributed by atoms with E-state index in [4.69, 9.17) is 17.3 Å². The summed E-state index contributed by atoms with van der Waals surface area (Å²) >= 11 is 5.86. The largest absolute Gasteiger partial charge is 0.366 e. The fourth-order valence-electron chi connectivity index (χ4n) is 1.58. The number of nitrogens with two attached hydrogens (primary N) is 1. The molecular formula is C13H11ClN2O3S. The van der Waals surface area contributed by atoms with E-state index in [0.29, 0.717) is 11.3 Å². The van der Waals surface area contributed by atoms with Crippen LogP contribution in [-0.4, -0.2) is 14.3 Å². The predicted molar refractivity (Wildman–Crippen MR) is 77.2 cm³/mol. The van der Waals surface area contributed by atoms with Gasteiger partial charge in [0.25, 0.3) is 10.0 Å². The topological polar surface area (TPSA) is 89.3 Å². The van der Waals surface area contributed by atoms with Crippen molar-refractivity contribution in [1.82, 2.24) is 0 Å². The molecule has 0 saturated carbocycles. The molecule has 2 aromatic rings. The first-order valence-electron chi connectivity index (χ1n) is 5.57. The average Bonchev–Trinajstić information content (AvgIpc) is 2.39. The van der Waals surface area contributed by atoms with Crippen LogP contribution in [0.5, 0.6) is 0 Å². The Balaban J connectivity index is 2.29. The molecule has 0 bridgehead atoms. The maximum Gasteiger partial charge on any atom is 0.263 e. The molecule has 0 aliphatic rings. The summed E-state index contributed by atoms with van der Waals surface area (Å²) in [5, 5.41) is 0.133. The van der Waals surface area contributed by atoms with E-state index >= 15 is 0 Å². The van der Waals surface area contributed by atoms with Gasteiger partial charge in [-0.1, -0.05) is 23.7 Å². The number of nitrogens with one attached hydrogen (secondary N) is 1. The first-order chi connectivity index (χ1) is 9.40. The second-order valence-corrected chi connectivity index (χ2v) is 6.04. The Morgan fingerprint density at radius 1 is 1.05 bits per heavy atom. The zero-order chi connectivity index (χ0) is 14.8. The summed E-state index contributed by atoms with van der Waals surface area (Å²) in [4.78, 5) is 10.9. The van der Waals surface area contributed by atoms with Gasteiger partial charge in [-0.15, -0.1) is 0 Å². The molecule has 1 amide bonds. The molecule has 7 heteroatoms. The maximum atomic E-state index is 12.2. The molecule has 3 N–H and O–H groups in total. The molecule has 0 fully saturated rings. The number of halogens is 1. The molecular weight excluding hydrogens is 300 g/mol. The van der Waals surface area contributed by atoms with Crippen molar-refractivity contribution >= 4 is 33.2 Å². The fraction of sp³-hybridized carbons (Fsp3) is 0. The summed E-state index contributed by atoms with van der Waals surface area (Å²) in [5.74, 6) is -0.578. The van der Waals surface area contributed by atoms with Gasteiger partial charge in [-0.25, -0.2) is 8.42 Å². The van der Waals surface area contributed by atoms with Crippen molar-refractivity contribution in [2.75, 3.05) is 4.72 Å². The van der Waals surface area contributed by atoms with Crippen LogP contribution < -0.4 is 10.5 Å². The lowest BCUT2D eigenvalue weighted by Gasteiger charge is -2.09. The number of carbonyl (C=O) groups is 1. The quantitative estimate of drug-likeness (QED) is 0.907. The van der Waals surface area contributed by atoms with Crippen molar-refractivity contribution in [3.05, 3.63) is 59.1 Å². The van der Waals surface area contributed by atoms with Crippen molar-refractivity contribution in [1.29, 1.82) is 0 Å². The van der Waals surface area contributed by atoms with Gasteiger partial charge in [-0.2, -0.15) is 0 Å². The lowest BCUT2D eigenvalue weighted by Crippen LogP contribution is -2.14. The van der Waals surface area contributed by atoms with Gasteiger partial charge in [-0.3, -0.25) is 9.52 Å². The lowest BCUT2D eigenvalue weighted by atomic mass is 10.2. The number of hydrogen-bond donors (Lipinski definition) is 2. The van der Waals surface area contributed by atoms with E-state index in [0.717, 1.165) is 0 Å². The molecule has 0 saturated heterocycles. The van der Waals surface area contributed by atoms with E-state index in [1.54, 1.807) is 12.1 Å². The van der Waals surface area contributed by atoms with Gasteiger partial charge >= 0.3 is 0 Å². The van der Waals surface area contributed by atoms with Crippen molar-refractivity contribution in [3.63, 3.8) is 0 Å². The fourth-order valence-corrected chi connectivity index (χ4v) is 3.15. The minimum atomic E-state index is -3.78. The molecule has 2 aromatic carbocycles. The summed E-state index contributed by atoms with van der Waals surface area (Å²) in [6, 6.07) is 11.9. The molecule has 5 nitrogen and oxygen atoms in total. The molecule has 0 radical (unpaired) electrons. The summed E-state index contributed by atoms with van der Waals surface area (Å²) in [7, 11) is -3.78. The number of carbonyl (C=O) groups excluding carboxylic acids is 1. The Morgan fingerprint density at radius 3 is 2.20 bits per heavy atom. The number of benzene rings is 2. The van der Waals surface area contributed by atoms with Crippen LogP contribution in [0.1, 0.15) is 10.4 Å². The second kappa shape index (κ2) is 5.52. The van der Waals surface area contributed by atoms with Crippen LogP contribution in [0.15, 0.2) is 53.4 Å². The third-order valence-electron chi connectivity index (χ3n) is 2.55. The first kappa shape index (κ1) is 14.4. The summed E-state index contributed by atoms with van der Waals surface area (Å²) in [6.45, 7) is 0. The Hall–Kier alpha value is -2.05. The zero-order valence-corrected chi connectivity index (χ0v) is 11.8. The second-order valence-electron chi connectivity index (χ2n) is 3.98. The van der Waals surface area contributed by atoms with Crippen LogP contribution in [0.3, 0.4) is 0 Å². The number of anilines is 1. The zero-order valence-electron chi connectivity index (χ0n) is 10.2. The highest BCUT2D eigenvalue weighted by atomic mass is 35.5. The Bertz CT molecular complexity index is 742. The third-order valence-corrected chi connectivity index (χ3v) is 4.43. The number of amides is 1. The minimum absolute atomic E-state index is 0.0133. The Kier molecular flexibility index (Phi) is 3.96. The summed E-state index contributed by atoms with van der Waals surface area (Å²) in [6.07, 6.45) is 0. The molecule has 2 rings (SSSR count). The van der Waals surface area contributed by atoms with Crippen LogP contribution in [0.25, 0.3) is 0 Å². The van der Waals surface area contributed by atoms with Crippen LogP contribution in [0.4, 0.5) is 5.69 Å².